The first kappa shape index (κ1) is 10.7. The Hall–Kier alpha value is -1.95. The van der Waals surface area contributed by atoms with Crippen molar-refractivity contribution < 1.29 is 0 Å². The Morgan fingerprint density at radius 2 is 2.10 bits per heavy atom. The van der Waals surface area contributed by atoms with Crippen LogP contribution in [0.25, 0.3) is 16.8 Å². The fourth-order valence-corrected chi connectivity index (χ4v) is 5.46. The van der Waals surface area contributed by atoms with Gasteiger partial charge in [-0.1, -0.05) is 0 Å². The Morgan fingerprint density at radius 3 is 2.86 bits per heavy atom. The molecule has 3 aliphatic carbocycles. The molecule has 3 N–H and O–H groups in total. The van der Waals surface area contributed by atoms with Crippen LogP contribution < -0.4 is 5.73 Å². The van der Waals surface area contributed by atoms with E-state index >= 15 is 0 Å². The maximum Gasteiger partial charge on any atom is 0.179 e. The number of aromatic nitrogens is 5. The Labute approximate surface area is 120 Å². The molecule has 6 nitrogen and oxygen atoms in total. The van der Waals surface area contributed by atoms with Gasteiger partial charge in [-0.25, -0.2) is 4.98 Å². The SMILES string of the molecule is NC12CCC3(c4nnc5cnc6[nH]ccc6n45)CCC13C2. The zero-order chi connectivity index (χ0) is 13.9. The summed E-state index contributed by atoms with van der Waals surface area (Å²) in [6.07, 6.45) is 9.61. The first-order valence-electron chi connectivity index (χ1n) is 7.66. The summed E-state index contributed by atoms with van der Waals surface area (Å²) in [5.41, 5.74) is 9.89. The van der Waals surface area contributed by atoms with E-state index in [0.29, 0.717) is 5.41 Å². The summed E-state index contributed by atoms with van der Waals surface area (Å²) in [6.45, 7) is 0. The lowest BCUT2D eigenvalue weighted by atomic mass is 9.57. The molecule has 0 aromatic carbocycles. The lowest BCUT2D eigenvalue weighted by Gasteiger charge is -2.47. The summed E-state index contributed by atoms with van der Waals surface area (Å²) in [6, 6.07) is 2.06. The molecule has 0 aliphatic heterocycles. The Kier molecular flexibility index (Phi) is 1.45. The molecule has 6 rings (SSSR count). The van der Waals surface area contributed by atoms with Gasteiger partial charge in [0.1, 0.15) is 5.82 Å². The van der Waals surface area contributed by atoms with Crippen LogP contribution in [0.15, 0.2) is 18.5 Å². The van der Waals surface area contributed by atoms with E-state index in [1.54, 1.807) is 6.20 Å². The van der Waals surface area contributed by atoms with E-state index in [9.17, 15) is 0 Å². The molecule has 6 heteroatoms. The smallest absolute Gasteiger partial charge is 0.179 e. The van der Waals surface area contributed by atoms with Crippen LogP contribution in [0.4, 0.5) is 0 Å². The minimum absolute atomic E-state index is 0.0708. The molecule has 0 saturated heterocycles. The number of nitrogens with zero attached hydrogens (tertiary/aromatic N) is 4. The third kappa shape index (κ3) is 0.896. The van der Waals surface area contributed by atoms with Gasteiger partial charge < -0.3 is 10.7 Å². The highest BCUT2D eigenvalue weighted by Gasteiger charge is 2.83. The second-order valence-corrected chi connectivity index (χ2v) is 7.18. The highest BCUT2D eigenvalue weighted by atomic mass is 15.3. The van der Waals surface area contributed by atoms with Crippen LogP contribution in [-0.4, -0.2) is 30.1 Å². The molecule has 3 heterocycles. The van der Waals surface area contributed by atoms with Crippen LogP contribution in [0.1, 0.15) is 37.9 Å². The highest BCUT2D eigenvalue weighted by Crippen LogP contribution is 2.82. The number of H-pyrrole nitrogens is 1. The van der Waals surface area contributed by atoms with Crippen LogP contribution in [0.5, 0.6) is 0 Å². The molecule has 3 saturated carbocycles. The van der Waals surface area contributed by atoms with E-state index in [0.717, 1.165) is 41.9 Å². The predicted octanol–water partition coefficient (Wildman–Crippen LogP) is 1.52. The minimum atomic E-state index is 0.0708. The third-order valence-corrected chi connectivity index (χ3v) is 6.71. The number of rotatable bonds is 1. The van der Waals surface area contributed by atoms with Gasteiger partial charge in [0.05, 0.1) is 11.7 Å². The van der Waals surface area contributed by atoms with Crippen molar-refractivity contribution in [2.45, 2.75) is 43.1 Å². The standard InChI is InChI=1S/C15H16N6/c16-15-5-3-13(2-4-14(13,15)8-15)12-20-19-10-7-18-11-9(21(10)12)1-6-17-11/h1,6-7,17H,2-5,8,16H2. The van der Waals surface area contributed by atoms with E-state index in [2.05, 4.69) is 30.6 Å². The van der Waals surface area contributed by atoms with Crippen molar-refractivity contribution in [3.05, 3.63) is 24.3 Å². The molecule has 3 aromatic rings. The number of aromatic amines is 1. The Balaban J connectivity index is 1.70. The molecule has 0 radical (unpaired) electrons. The van der Waals surface area contributed by atoms with Crippen LogP contribution in [0, 0.1) is 5.41 Å². The van der Waals surface area contributed by atoms with Gasteiger partial charge in [0, 0.05) is 22.6 Å². The molecule has 1 spiro atoms. The lowest BCUT2D eigenvalue weighted by Crippen LogP contribution is -2.48. The fraction of sp³-hybridized carbons (Fsp3) is 0.533. The maximum absolute atomic E-state index is 6.58. The normalized spacial score (nSPS) is 40.2. The van der Waals surface area contributed by atoms with Crippen LogP contribution in [0.3, 0.4) is 0 Å². The van der Waals surface area contributed by atoms with Crippen molar-refractivity contribution in [1.29, 1.82) is 0 Å². The maximum atomic E-state index is 6.58. The van der Waals surface area contributed by atoms with Gasteiger partial charge in [-0.05, 0) is 38.2 Å². The monoisotopic (exact) mass is 280 g/mol. The van der Waals surface area contributed by atoms with Gasteiger partial charge in [0.2, 0.25) is 0 Å². The van der Waals surface area contributed by atoms with Crippen molar-refractivity contribution >= 4 is 16.8 Å². The first-order valence-corrected chi connectivity index (χ1v) is 7.66. The molecule has 3 fully saturated rings. The summed E-state index contributed by atoms with van der Waals surface area (Å²) in [5, 5.41) is 8.96. The Morgan fingerprint density at radius 1 is 1.19 bits per heavy atom. The van der Waals surface area contributed by atoms with Gasteiger partial charge in [-0.2, -0.15) is 0 Å². The second kappa shape index (κ2) is 2.83. The van der Waals surface area contributed by atoms with Crippen LogP contribution >= 0.6 is 0 Å². The fourth-order valence-electron chi connectivity index (χ4n) is 5.46. The number of hydrogen-bond donors (Lipinski definition) is 2. The molecular weight excluding hydrogens is 264 g/mol. The van der Waals surface area contributed by atoms with Crippen LogP contribution in [-0.2, 0) is 5.41 Å². The number of nitrogens with one attached hydrogen (secondary N) is 1. The van der Waals surface area contributed by atoms with Gasteiger partial charge in [0.25, 0.3) is 0 Å². The lowest BCUT2D eigenvalue weighted by molar-refractivity contribution is 0.0951. The highest BCUT2D eigenvalue weighted by molar-refractivity contribution is 5.74. The van der Waals surface area contributed by atoms with Crippen molar-refractivity contribution in [3.8, 4) is 0 Å². The van der Waals surface area contributed by atoms with Crippen molar-refractivity contribution in [3.63, 3.8) is 0 Å². The van der Waals surface area contributed by atoms with Gasteiger partial charge >= 0.3 is 0 Å². The average molecular weight is 280 g/mol. The van der Waals surface area contributed by atoms with E-state index in [1.165, 1.54) is 12.8 Å². The number of fused-ring (bicyclic) bond motifs is 3. The summed E-state index contributed by atoms with van der Waals surface area (Å²) in [4.78, 5) is 7.58. The molecule has 106 valence electrons. The van der Waals surface area contributed by atoms with Crippen molar-refractivity contribution in [1.82, 2.24) is 24.6 Å². The van der Waals surface area contributed by atoms with E-state index in [4.69, 9.17) is 5.73 Å². The number of nitrogens with two attached hydrogens (primary N) is 1. The number of hydrogen-bond acceptors (Lipinski definition) is 4. The molecule has 21 heavy (non-hydrogen) atoms. The zero-order valence-corrected chi connectivity index (χ0v) is 11.6. The topological polar surface area (TPSA) is 84.9 Å². The van der Waals surface area contributed by atoms with E-state index < -0.39 is 0 Å². The largest absolute Gasteiger partial charge is 0.345 e. The first-order chi connectivity index (χ1) is 10.2. The molecule has 0 bridgehead atoms. The van der Waals surface area contributed by atoms with E-state index in [-0.39, 0.29) is 11.0 Å². The molecule has 3 aromatic heterocycles. The molecular formula is C15H16N6. The minimum Gasteiger partial charge on any atom is -0.345 e. The van der Waals surface area contributed by atoms with Crippen molar-refractivity contribution in [2.75, 3.05) is 0 Å². The van der Waals surface area contributed by atoms with Gasteiger partial charge in [-0.15, -0.1) is 10.2 Å². The second-order valence-electron chi connectivity index (χ2n) is 7.18. The Bertz CT molecular complexity index is 921. The third-order valence-electron chi connectivity index (χ3n) is 6.71. The summed E-state index contributed by atoms with van der Waals surface area (Å²) in [7, 11) is 0. The average Bonchev–Trinajstić information content (AvgIpc) is 2.84. The molecule has 0 amide bonds. The molecule has 3 unspecified atom stereocenters. The predicted molar refractivity (Wildman–Crippen MR) is 76.8 cm³/mol. The summed E-state index contributed by atoms with van der Waals surface area (Å²) < 4.78 is 2.20. The van der Waals surface area contributed by atoms with Crippen LogP contribution in [0.2, 0.25) is 0 Å². The van der Waals surface area contributed by atoms with Gasteiger partial charge in [-0.3, -0.25) is 4.40 Å². The molecule has 3 aliphatic rings. The quantitative estimate of drug-likeness (QED) is 0.707. The molecule has 3 atom stereocenters. The van der Waals surface area contributed by atoms with Gasteiger partial charge in [0.15, 0.2) is 11.3 Å². The summed E-state index contributed by atoms with van der Waals surface area (Å²) >= 11 is 0. The van der Waals surface area contributed by atoms with Crippen molar-refractivity contribution in [2.24, 2.45) is 11.1 Å². The summed E-state index contributed by atoms with van der Waals surface area (Å²) in [5.74, 6) is 1.11. The zero-order valence-electron chi connectivity index (χ0n) is 11.6. The van der Waals surface area contributed by atoms with E-state index in [1.807, 2.05) is 6.20 Å².